The molecule has 0 saturated carbocycles. The number of rotatable bonds is 3. The molecular formula is C19H20ClNO2. The number of halogens is 1. The first kappa shape index (κ1) is 15.9. The van der Waals surface area contributed by atoms with Crippen LogP contribution in [0.5, 0.6) is 5.75 Å². The predicted octanol–water partition coefficient (Wildman–Crippen LogP) is 4.48. The summed E-state index contributed by atoms with van der Waals surface area (Å²) in [5.41, 5.74) is 1.23. The number of amides is 1. The van der Waals surface area contributed by atoms with E-state index in [1.807, 2.05) is 23.1 Å². The zero-order chi connectivity index (χ0) is 16.6. The summed E-state index contributed by atoms with van der Waals surface area (Å²) in [6, 6.07) is 15.2. The Balaban J connectivity index is 1.85. The second-order valence-electron chi connectivity index (χ2n) is 6.42. The lowest BCUT2D eigenvalue weighted by Gasteiger charge is -2.32. The maximum atomic E-state index is 13.1. The average molecular weight is 330 g/mol. The molecule has 0 N–H and O–H groups in total. The molecule has 2 aromatic carbocycles. The Morgan fingerprint density at radius 1 is 1.17 bits per heavy atom. The number of carbonyl (C=O) groups is 1. The molecule has 0 saturated heterocycles. The number of ether oxygens (including phenoxy) is 1. The van der Waals surface area contributed by atoms with E-state index in [0.29, 0.717) is 10.8 Å². The summed E-state index contributed by atoms with van der Waals surface area (Å²) in [5, 5.41) is 0.642. The van der Waals surface area contributed by atoms with E-state index in [4.69, 9.17) is 16.3 Å². The molecule has 0 aromatic heterocycles. The molecule has 0 fully saturated rings. The summed E-state index contributed by atoms with van der Waals surface area (Å²) in [5.74, 6) is 0.595. The molecule has 3 rings (SSSR count). The maximum absolute atomic E-state index is 13.1. The molecule has 0 aliphatic carbocycles. The summed E-state index contributed by atoms with van der Waals surface area (Å²) in [4.78, 5) is 14.9. The minimum atomic E-state index is -0.959. The second-order valence-corrected chi connectivity index (χ2v) is 6.86. The number of nitrogens with zero attached hydrogens (tertiary/aromatic N) is 1. The van der Waals surface area contributed by atoms with Gasteiger partial charge >= 0.3 is 0 Å². The standard InChI is InChI=1S/C19H20ClNO2/c1-13-12-14-6-4-5-7-17(14)21(13)18(22)19(2,3)23-16-10-8-15(20)9-11-16/h4-11,13H,12H2,1-3H3/t13-/m0/s1. The quantitative estimate of drug-likeness (QED) is 0.831. The van der Waals surface area contributed by atoms with Crippen LogP contribution in [0.15, 0.2) is 48.5 Å². The normalized spacial score (nSPS) is 17.0. The minimum absolute atomic E-state index is 0.0371. The highest BCUT2D eigenvalue weighted by molar-refractivity contribution is 6.30. The van der Waals surface area contributed by atoms with Gasteiger partial charge in [-0.05, 0) is 63.1 Å². The van der Waals surface area contributed by atoms with E-state index < -0.39 is 5.60 Å². The Morgan fingerprint density at radius 2 is 1.83 bits per heavy atom. The lowest BCUT2D eigenvalue weighted by molar-refractivity contribution is -0.131. The molecule has 0 radical (unpaired) electrons. The summed E-state index contributed by atoms with van der Waals surface area (Å²) in [7, 11) is 0. The Hall–Kier alpha value is -2.00. The fourth-order valence-electron chi connectivity index (χ4n) is 3.01. The molecule has 4 heteroatoms. The smallest absolute Gasteiger partial charge is 0.270 e. The summed E-state index contributed by atoms with van der Waals surface area (Å²) < 4.78 is 5.94. The van der Waals surface area contributed by atoms with Gasteiger partial charge in [-0.1, -0.05) is 29.8 Å². The highest BCUT2D eigenvalue weighted by Gasteiger charge is 2.40. The second kappa shape index (κ2) is 5.89. The van der Waals surface area contributed by atoms with Crippen molar-refractivity contribution >= 4 is 23.2 Å². The number of para-hydroxylation sites is 1. The van der Waals surface area contributed by atoms with Crippen molar-refractivity contribution in [2.45, 2.75) is 38.8 Å². The third-order valence-corrected chi connectivity index (χ3v) is 4.38. The van der Waals surface area contributed by atoms with Crippen LogP contribution in [0.3, 0.4) is 0 Å². The van der Waals surface area contributed by atoms with Crippen molar-refractivity contribution in [2.75, 3.05) is 4.90 Å². The molecule has 0 unspecified atom stereocenters. The van der Waals surface area contributed by atoms with Crippen LogP contribution in [0.1, 0.15) is 26.3 Å². The number of carbonyl (C=O) groups excluding carboxylic acids is 1. The number of hydrogen-bond donors (Lipinski definition) is 0. The third-order valence-electron chi connectivity index (χ3n) is 4.13. The van der Waals surface area contributed by atoms with Crippen molar-refractivity contribution in [3.8, 4) is 5.75 Å². The first-order chi connectivity index (χ1) is 10.9. The van der Waals surface area contributed by atoms with Crippen molar-refractivity contribution in [3.63, 3.8) is 0 Å². The average Bonchev–Trinajstić information content (AvgIpc) is 2.84. The first-order valence-electron chi connectivity index (χ1n) is 7.74. The van der Waals surface area contributed by atoms with Gasteiger partial charge in [0.15, 0.2) is 5.60 Å². The van der Waals surface area contributed by atoms with Gasteiger partial charge in [-0.15, -0.1) is 0 Å². The molecule has 1 aliphatic heterocycles. The molecule has 2 aromatic rings. The van der Waals surface area contributed by atoms with Gasteiger partial charge in [-0.25, -0.2) is 0 Å². The zero-order valence-electron chi connectivity index (χ0n) is 13.5. The molecule has 120 valence electrons. The molecule has 1 heterocycles. The third kappa shape index (κ3) is 3.06. The fraction of sp³-hybridized carbons (Fsp3) is 0.316. The molecule has 1 atom stereocenters. The number of anilines is 1. The van der Waals surface area contributed by atoms with E-state index in [0.717, 1.165) is 12.1 Å². The van der Waals surface area contributed by atoms with Gasteiger partial charge in [0.05, 0.1) is 0 Å². The van der Waals surface area contributed by atoms with Crippen LogP contribution in [0, 0.1) is 0 Å². The molecule has 0 bridgehead atoms. The molecule has 23 heavy (non-hydrogen) atoms. The lowest BCUT2D eigenvalue weighted by Crippen LogP contribution is -2.51. The van der Waals surface area contributed by atoms with Gasteiger partial charge in [0.25, 0.3) is 5.91 Å². The number of fused-ring (bicyclic) bond motifs is 1. The monoisotopic (exact) mass is 329 g/mol. The Kier molecular flexibility index (Phi) is 4.07. The van der Waals surface area contributed by atoms with Crippen molar-refractivity contribution in [2.24, 2.45) is 0 Å². The van der Waals surface area contributed by atoms with Crippen molar-refractivity contribution in [3.05, 3.63) is 59.1 Å². The van der Waals surface area contributed by atoms with E-state index in [-0.39, 0.29) is 11.9 Å². The van der Waals surface area contributed by atoms with E-state index in [1.54, 1.807) is 38.1 Å². The van der Waals surface area contributed by atoms with Crippen LogP contribution in [-0.4, -0.2) is 17.6 Å². The van der Waals surface area contributed by atoms with Crippen molar-refractivity contribution in [1.29, 1.82) is 0 Å². The van der Waals surface area contributed by atoms with Crippen molar-refractivity contribution in [1.82, 2.24) is 0 Å². The Bertz CT molecular complexity index is 724. The van der Waals surface area contributed by atoms with Crippen LogP contribution in [0.2, 0.25) is 5.02 Å². The van der Waals surface area contributed by atoms with Crippen LogP contribution >= 0.6 is 11.6 Å². The summed E-state index contributed by atoms with van der Waals surface area (Å²) >= 11 is 5.89. The summed E-state index contributed by atoms with van der Waals surface area (Å²) in [6.07, 6.45) is 0.874. The van der Waals surface area contributed by atoms with Gasteiger partial charge in [0, 0.05) is 16.8 Å². The van der Waals surface area contributed by atoms with Gasteiger partial charge < -0.3 is 9.64 Å². The highest BCUT2D eigenvalue weighted by atomic mass is 35.5. The molecule has 3 nitrogen and oxygen atoms in total. The van der Waals surface area contributed by atoms with Crippen LogP contribution in [-0.2, 0) is 11.2 Å². The van der Waals surface area contributed by atoms with E-state index in [2.05, 4.69) is 13.0 Å². The topological polar surface area (TPSA) is 29.5 Å². The lowest BCUT2D eigenvalue weighted by atomic mass is 10.1. The maximum Gasteiger partial charge on any atom is 0.270 e. The van der Waals surface area contributed by atoms with Crippen LogP contribution in [0.4, 0.5) is 5.69 Å². The first-order valence-corrected chi connectivity index (χ1v) is 8.12. The fourth-order valence-corrected chi connectivity index (χ4v) is 3.13. The van der Waals surface area contributed by atoms with Gasteiger partial charge in [-0.3, -0.25) is 4.79 Å². The molecule has 0 spiro atoms. The van der Waals surface area contributed by atoms with Gasteiger partial charge in [-0.2, -0.15) is 0 Å². The van der Waals surface area contributed by atoms with E-state index in [1.165, 1.54) is 5.56 Å². The van der Waals surface area contributed by atoms with Crippen LogP contribution in [0.25, 0.3) is 0 Å². The van der Waals surface area contributed by atoms with Gasteiger partial charge in [0.2, 0.25) is 0 Å². The highest BCUT2D eigenvalue weighted by Crippen LogP contribution is 2.34. The number of hydrogen-bond acceptors (Lipinski definition) is 2. The predicted molar refractivity (Wildman–Crippen MR) is 93.3 cm³/mol. The molecule has 1 aliphatic rings. The molecular weight excluding hydrogens is 310 g/mol. The molecule has 1 amide bonds. The zero-order valence-corrected chi connectivity index (χ0v) is 14.3. The van der Waals surface area contributed by atoms with Crippen molar-refractivity contribution < 1.29 is 9.53 Å². The number of benzene rings is 2. The SMILES string of the molecule is C[C@H]1Cc2ccccc2N1C(=O)C(C)(C)Oc1ccc(Cl)cc1. The summed E-state index contributed by atoms with van der Waals surface area (Å²) in [6.45, 7) is 5.67. The van der Waals surface area contributed by atoms with E-state index >= 15 is 0 Å². The van der Waals surface area contributed by atoms with Gasteiger partial charge in [0.1, 0.15) is 5.75 Å². The Morgan fingerprint density at radius 3 is 2.52 bits per heavy atom. The largest absolute Gasteiger partial charge is 0.478 e. The van der Waals surface area contributed by atoms with Crippen LogP contribution < -0.4 is 9.64 Å². The minimum Gasteiger partial charge on any atom is -0.478 e. The Labute approximate surface area is 141 Å². The van der Waals surface area contributed by atoms with E-state index in [9.17, 15) is 4.79 Å².